The Balaban J connectivity index is 2.21. The van der Waals surface area contributed by atoms with Crippen molar-refractivity contribution in [3.63, 3.8) is 0 Å². The topological polar surface area (TPSA) is 38.7 Å². The Morgan fingerprint density at radius 1 is 1.62 bits per heavy atom. The normalized spacial score (nSPS) is 15.8. The number of hydrogen-bond acceptors (Lipinski definition) is 4. The molecule has 0 saturated carbocycles. The van der Waals surface area contributed by atoms with Crippen molar-refractivity contribution in [1.29, 1.82) is 0 Å². The highest BCUT2D eigenvalue weighted by Gasteiger charge is 2.19. The number of nitrogens with zero attached hydrogens (tertiary/aromatic N) is 1. The third-order valence-corrected chi connectivity index (χ3v) is 3.14. The van der Waals surface area contributed by atoms with Crippen LogP contribution in [0.15, 0.2) is 17.3 Å². The number of hydrogen-bond donors (Lipinski definition) is 0. The zero-order valence-corrected chi connectivity index (χ0v) is 8.06. The van der Waals surface area contributed by atoms with Crippen LogP contribution in [0.3, 0.4) is 0 Å². The molecule has 0 bridgehead atoms. The summed E-state index contributed by atoms with van der Waals surface area (Å²) in [4.78, 5) is 17.6. The zero-order chi connectivity index (χ0) is 9.26. The van der Waals surface area contributed by atoms with Gasteiger partial charge < -0.3 is 4.84 Å². The van der Waals surface area contributed by atoms with Crippen LogP contribution in [0.25, 0.3) is 0 Å². The van der Waals surface area contributed by atoms with Gasteiger partial charge in [0.2, 0.25) is 0 Å². The molecule has 0 aromatic carbocycles. The largest absolute Gasteiger partial charge is 0.341 e. The molecule has 2 rings (SSSR count). The van der Waals surface area contributed by atoms with Crippen LogP contribution >= 0.6 is 11.3 Å². The maximum Gasteiger partial charge on any atom is 0.341 e. The van der Waals surface area contributed by atoms with Crippen molar-refractivity contribution in [2.24, 2.45) is 5.16 Å². The molecule has 0 spiro atoms. The van der Waals surface area contributed by atoms with Crippen molar-refractivity contribution >= 4 is 23.0 Å². The predicted octanol–water partition coefficient (Wildman–Crippen LogP) is 1.96. The second kappa shape index (κ2) is 3.30. The summed E-state index contributed by atoms with van der Waals surface area (Å²) in [5, 5.41) is 3.71. The molecule has 0 saturated heterocycles. The molecular formula is C9H9NO2S. The maximum atomic E-state index is 10.8. The number of aryl methyl sites for hydroxylation is 1. The molecule has 4 heteroatoms. The van der Waals surface area contributed by atoms with E-state index in [1.165, 1.54) is 4.88 Å². The Morgan fingerprint density at radius 3 is 3.00 bits per heavy atom. The van der Waals surface area contributed by atoms with Gasteiger partial charge in [0.1, 0.15) is 5.71 Å². The van der Waals surface area contributed by atoms with Crippen molar-refractivity contribution in [3.05, 3.63) is 21.9 Å². The molecule has 0 fully saturated rings. The third-order valence-electron chi connectivity index (χ3n) is 1.86. The molecule has 0 unspecified atom stereocenters. The van der Waals surface area contributed by atoms with Gasteiger partial charge in [-0.3, -0.25) is 0 Å². The summed E-state index contributed by atoms with van der Waals surface area (Å²) >= 11 is 1.67. The van der Waals surface area contributed by atoms with E-state index < -0.39 is 0 Å². The van der Waals surface area contributed by atoms with Crippen molar-refractivity contribution in [2.75, 3.05) is 0 Å². The second-order valence-corrected chi connectivity index (χ2v) is 3.97. The second-order valence-electron chi connectivity index (χ2n) is 2.80. The van der Waals surface area contributed by atoms with Crippen molar-refractivity contribution < 1.29 is 9.63 Å². The molecule has 0 aliphatic carbocycles. The fourth-order valence-electron chi connectivity index (χ4n) is 1.16. The average molecular weight is 195 g/mol. The zero-order valence-electron chi connectivity index (χ0n) is 7.24. The van der Waals surface area contributed by atoms with Gasteiger partial charge in [0, 0.05) is 4.88 Å². The summed E-state index contributed by atoms with van der Waals surface area (Å²) in [6.07, 6.45) is 1.33. The highest BCUT2D eigenvalue weighted by Crippen LogP contribution is 2.21. The summed E-state index contributed by atoms with van der Waals surface area (Å²) in [6, 6.07) is 4.05. The molecule has 0 atom stereocenters. The summed E-state index contributed by atoms with van der Waals surface area (Å²) in [7, 11) is 0. The van der Waals surface area contributed by atoms with Crippen LogP contribution in [0.1, 0.15) is 23.1 Å². The van der Waals surface area contributed by atoms with Crippen LogP contribution in [0.4, 0.5) is 0 Å². The SMILES string of the molecule is CCc1ccc(C2=NOC(=O)C2)s1. The molecule has 0 radical (unpaired) electrons. The summed E-state index contributed by atoms with van der Waals surface area (Å²) in [5.74, 6) is -0.263. The lowest BCUT2D eigenvalue weighted by Crippen LogP contribution is -1.97. The monoisotopic (exact) mass is 195 g/mol. The van der Waals surface area contributed by atoms with Gasteiger partial charge in [0.05, 0.1) is 11.3 Å². The van der Waals surface area contributed by atoms with Crippen LogP contribution in [-0.2, 0) is 16.1 Å². The van der Waals surface area contributed by atoms with E-state index in [1.807, 2.05) is 6.07 Å². The molecule has 0 N–H and O–H groups in total. The number of carbonyl (C=O) groups excluding carboxylic acids is 1. The Labute approximate surface area is 80.0 Å². The van der Waals surface area contributed by atoms with Gasteiger partial charge in [-0.2, -0.15) is 0 Å². The van der Waals surface area contributed by atoms with Gasteiger partial charge >= 0.3 is 5.97 Å². The summed E-state index contributed by atoms with van der Waals surface area (Å²) in [6.45, 7) is 2.10. The van der Waals surface area contributed by atoms with E-state index in [0.717, 1.165) is 17.0 Å². The van der Waals surface area contributed by atoms with E-state index in [-0.39, 0.29) is 5.97 Å². The van der Waals surface area contributed by atoms with Crippen LogP contribution in [0.2, 0.25) is 0 Å². The maximum absolute atomic E-state index is 10.8. The molecule has 3 nitrogen and oxygen atoms in total. The van der Waals surface area contributed by atoms with E-state index in [1.54, 1.807) is 11.3 Å². The Morgan fingerprint density at radius 2 is 2.46 bits per heavy atom. The first kappa shape index (κ1) is 8.44. The van der Waals surface area contributed by atoms with Crippen LogP contribution < -0.4 is 0 Å². The first-order valence-electron chi connectivity index (χ1n) is 4.15. The minimum Gasteiger partial charge on any atom is -0.318 e. The van der Waals surface area contributed by atoms with Gasteiger partial charge in [-0.25, -0.2) is 4.79 Å². The fourth-order valence-corrected chi connectivity index (χ4v) is 2.09. The average Bonchev–Trinajstić information content (AvgIpc) is 2.71. The lowest BCUT2D eigenvalue weighted by Gasteiger charge is -1.88. The summed E-state index contributed by atoms with van der Waals surface area (Å²) < 4.78 is 0. The minimum absolute atomic E-state index is 0.263. The first-order chi connectivity index (χ1) is 6.29. The van der Waals surface area contributed by atoms with E-state index in [2.05, 4.69) is 23.0 Å². The number of oxime groups is 1. The third kappa shape index (κ3) is 1.62. The van der Waals surface area contributed by atoms with E-state index in [9.17, 15) is 4.79 Å². The van der Waals surface area contributed by atoms with Crippen LogP contribution in [0.5, 0.6) is 0 Å². The van der Waals surface area contributed by atoms with E-state index in [0.29, 0.717) is 6.42 Å². The molecule has 13 heavy (non-hydrogen) atoms. The van der Waals surface area contributed by atoms with Gasteiger partial charge in [0.25, 0.3) is 0 Å². The van der Waals surface area contributed by atoms with E-state index in [4.69, 9.17) is 0 Å². The standard InChI is InChI=1S/C9H9NO2S/c1-2-6-3-4-8(13-6)7-5-9(11)12-10-7/h3-4H,2,5H2,1H3. The van der Waals surface area contributed by atoms with Gasteiger partial charge in [-0.1, -0.05) is 12.1 Å². The first-order valence-corrected chi connectivity index (χ1v) is 4.97. The predicted molar refractivity (Wildman–Crippen MR) is 50.9 cm³/mol. The molecule has 1 aliphatic rings. The van der Waals surface area contributed by atoms with E-state index >= 15 is 0 Å². The number of rotatable bonds is 2. The van der Waals surface area contributed by atoms with Crippen molar-refractivity contribution in [1.82, 2.24) is 0 Å². The smallest absolute Gasteiger partial charge is 0.318 e. The molecule has 2 heterocycles. The molecule has 68 valence electrons. The Bertz CT molecular complexity index is 367. The number of carbonyl (C=O) groups is 1. The Hall–Kier alpha value is -1.16. The fraction of sp³-hybridized carbons (Fsp3) is 0.333. The number of thiophene rings is 1. The van der Waals surface area contributed by atoms with Crippen molar-refractivity contribution in [2.45, 2.75) is 19.8 Å². The molecular weight excluding hydrogens is 186 g/mol. The molecule has 1 aromatic rings. The molecule has 1 aromatic heterocycles. The van der Waals surface area contributed by atoms with Gasteiger partial charge in [-0.15, -0.1) is 11.3 Å². The quantitative estimate of drug-likeness (QED) is 0.677. The highest BCUT2D eigenvalue weighted by atomic mass is 32.1. The van der Waals surface area contributed by atoms with Gasteiger partial charge in [0.15, 0.2) is 0 Å². The minimum atomic E-state index is -0.263. The van der Waals surface area contributed by atoms with Crippen molar-refractivity contribution in [3.8, 4) is 0 Å². The lowest BCUT2D eigenvalue weighted by molar-refractivity contribution is -0.140. The van der Waals surface area contributed by atoms with Gasteiger partial charge in [-0.05, 0) is 18.6 Å². The lowest BCUT2D eigenvalue weighted by atomic mass is 10.2. The summed E-state index contributed by atoms with van der Waals surface area (Å²) in [5.41, 5.74) is 0.759. The molecule has 1 aliphatic heterocycles. The molecule has 0 amide bonds. The van der Waals surface area contributed by atoms with Crippen LogP contribution in [-0.4, -0.2) is 11.7 Å². The Kier molecular flexibility index (Phi) is 2.14. The van der Waals surface area contributed by atoms with Crippen LogP contribution in [0, 0.1) is 0 Å². The highest BCUT2D eigenvalue weighted by molar-refractivity contribution is 7.14.